The molecule has 1 heterocycles. The first-order valence-corrected chi connectivity index (χ1v) is 9.35. The van der Waals surface area contributed by atoms with Crippen LogP contribution in [0.4, 0.5) is 5.69 Å². The molecule has 2 unspecified atom stereocenters. The summed E-state index contributed by atoms with van der Waals surface area (Å²) in [6.45, 7) is 2.63. The monoisotopic (exact) mass is 349 g/mol. The van der Waals surface area contributed by atoms with E-state index >= 15 is 0 Å². The molecule has 0 aromatic heterocycles. The number of unbranched alkanes of at least 4 members (excludes halogenated alkanes) is 1. The first kappa shape index (κ1) is 17.0. The van der Waals surface area contributed by atoms with E-state index in [0.29, 0.717) is 30.5 Å². The number of nitrogens with zero attached hydrogens (tertiary/aromatic N) is 1. The average molecular weight is 349 g/mol. The van der Waals surface area contributed by atoms with Gasteiger partial charge in [-0.2, -0.15) is 0 Å². The van der Waals surface area contributed by atoms with Gasteiger partial charge in [-0.3, -0.25) is 9.59 Å². The molecule has 0 saturated heterocycles. The van der Waals surface area contributed by atoms with Gasteiger partial charge in [-0.05, 0) is 30.9 Å². The predicted octanol–water partition coefficient (Wildman–Crippen LogP) is 3.47. The lowest BCUT2D eigenvalue weighted by Crippen LogP contribution is -2.49. The van der Waals surface area contributed by atoms with Gasteiger partial charge in [0.1, 0.15) is 0 Å². The summed E-state index contributed by atoms with van der Waals surface area (Å²) in [7, 11) is 0. The van der Waals surface area contributed by atoms with Crippen molar-refractivity contribution < 1.29 is 14.7 Å². The number of Topliss-reactive ketones (excluding diaryl/α,β-unsaturated/α-hetero) is 1. The molecule has 2 aromatic carbocycles. The molecular weight excluding hydrogens is 326 g/mol. The SMILES string of the molecule is CCCCN1C(=O)C(O)(C2CCc3ccccc3C2=O)c2ccccc21. The van der Waals surface area contributed by atoms with Crippen LogP contribution in [0.3, 0.4) is 0 Å². The van der Waals surface area contributed by atoms with Crippen molar-refractivity contribution in [3.63, 3.8) is 0 Å². The second-order valence-corrected chi connectivity index (χ2v) is 7.21. The normalized spacial score (nSPS) is 24.5. The molecule has 4 nitrogen and oxygen atoms in total. The molecule has 2 aliphatic rings. The number of benzene rings is 2. The van der Waals surface area contributed by atoms with Crippen molar-refractivity contribution in [2.24, 2.45) is 5.92 Å². The van der Waals surface area contributed by atoms with Crippen LogP contribution in [0.25, 0.3) is 0 Å². The summed E-state index contributed by atoms with van der Waals surface area (Å²) < 4.78 is 0. The fraction of sp³-hybridized carbons (Fsp3) is 0.364. The van der Waals surface area contributed by atoms with E-state index in [1.165, 1.54) is 0 Å². The van der Waals surface area contributed by atoms with Crippen LogP contribution < -0.4 is 4.90 Å². The largest absolute Gasteiger partial charge is 0.375 e. The summed E-state index contributed by atoms with van der Waals surface area (Å²) in [6.07, 6.45) is 2.99. The Morgan fingerprint density at radius 1 is 1.12 bits per heavy atom. The fourth-order valence-electron chi connectivity index (χ4n) is 4.33. The lowest BCUT2D eigenvalue weighted by atomic mass is 9.71. The van der Waals surface area contributed by atoms with Gasteiger partial charge in [-0.15, -0.1) is 0 Å². The maximum atomic E-state index is 13.3. The van der Waals surface area contributed by atoms with Gasteiger partial charge in [0.2, 0.25) is 0 Å². The van der Waals surface area contributed by atoms with Crippen LogP contribution in [0.1, 0.15) is 47.7 Å². The van der Waals surface area contributed by atoms with Crippen molar-refractivity contribution >= 4 is 17.4 Å². The number of aryl methyl sites for hydroxylation is 1. The number of fused-ring (bicyclic) bond motifs is 2. The summed E-state index contributed by atoms with van der Waals surface area (Å²) >= 11 is 0. The minimum atomic E-state index is -1.77. The maximum Gasteiger partial charge on any atom is 0.264 e. The molecule has 2 aromatic rings. The van der Waals surface area contributed by atoms with Gasteiger partial charge in [0, 0.05) is 17.7 Å². The topological polar surface area (TPSA) is 57.6 Å². The molecule has 0 radical (unpaired) electrons. The summed E-state index contributed by atoms with van der Waals surface area (Å²) in [5.41, 5.74) is 1.17. The highest BCUT2D eigenvalue weighted by molar-refractivity contribution is 6.12. The third-order valence-electron chi connectivity index (χ3n) is 5.72. The van der Waals surface area contributed by atoms with E-state index in [2.05, 4.69) is 6.92 Å². The first-order chi connectivity index (χ1) is 12.6. The molecule has 1 N–H and O–H groups in total. The number of aliphatic hydroxyl groups is 1. The van der Waals surface area contributed by atoms with E-state index < -0.39 is 11.5 Å². The Hall–Kier alpha value is -2.46. The minimum absolute atomic E-state index is 0.130. The van der Waals surface area contributed by atoms with E-state index in [9.17, 15) is 14.7 Å². The predicted molar refractivity (Wildman–Crippen MR) is 100 cm³/mol. The van der Waals surface area contributed by atoms with Crippen molar-refractivity contribution in [3.05, 3.63) is 65.2 Å². The molecule has 134 valence electrons. The molecule has 26 heavy (non-hydrogen) atoms. The third-order valence-corrected chi connectivity index (χ3v) is 5.72. The minimum Gasteiger partial charge on any atom is -0.375 e. The highest BCUT2D eigenvalue weighted by Crippen LogP contribution is 2.48. The van der Waals surface area contributed by atoms with Gasteiger partial charge < -0.3 is 10.0 Å². The highest BCUT2D eigenvalue weighted by atomic mass is 16.3. The number of carbonyl (C=O) groups excluding carboxylic acids is 2. The molecule has 0 fully saturated rings. The van der Waals surface area contributed by atoms with Gasteiger partial charge >= 0.3 is 0 Å². The number of anilines is 1. The van der Waals surface area contributed by atoms with Gasteiger partial charge in [0.15, 0.2) is 11.4 Å². The van der Waals surface area contributed by atoms with E-state index in [0.717, 1.165) is 24.1 Å². The van der Waals surface area contributed by atoms with Crippen LogP contribution in [0, 0.1) is 5.92 Å². The molecule has 0 saturated carbocycles. The summed E-state index contributed by atoms with van der Waals surface area (Å²) in [5.74, 6) is -1.22. The van der Waals surface area contributed by atoms with Crippen molar-refractivity contribution in [1.82, 2.24) is 0 Å². The summed E-state index contributed by atoms with van der Waals surface area (Å²) in [4.78, 5) is 28.1. The number of rotatable bonds is 4. The third kappa shape index (κ3) is 2.32. The number of hydrogen-bond donors (Lipinski definition) is 1. The molecule has 1 aliphatic heterocycles. The average Bonchev–Trinajstić information content (AvgIpc) is 2.89. The highest BCUT2D eigenvalue weighted by Gasteiger charge is 2.57. The number of amides is 1. The molecular formula is C22H23NO3. The quantitative estimate of drug-likeness (QED) is 0.919. The number of para-hydroxylation sites is 1. The van der Waals surface area contributed by atoms with Crippen molar-refractivity contribution in [2.75, 3.05) is 11.4 Å². The Morgan fingerprint density at radius 3 is 2.65 bits per heavy atom. The zero-order chi connectivity index (χ0) is 18.3. The smallest absolute Gasteiger partial charge is 0.264 e. The molecule has 1 amide bonds. The van der Waals surface area contributed by atoms with Crippen LogP contribution in [-0.4, -0.2) is 23.3 Å². The van der Waals surface area contributed by atoms with E-state index in [1.807, 2.05) is 36.4 Å². The van der Waals surface area contributed by atoms with Gasteiger partial charge in [0.25, 0.3) is 5.91 Å². The molecule has 4 rings (SSSR count). The number of ketones is 1. The van der Waals surface area contributed by atoms with Gasteiger partial charge in [-0.25, -0.2) is 0 Å². The van der Waals surface area contributed by atoms with Crippen LogP contribution in [0.5, 0.6) is 0 Å². The molecule has 0 bridgehead atoms. The lowest BCUT2D eigenvalue weighted by molar-refractivity contribution is -0.140. The van der Waals surface area contributed by atoms with Gasteiger partial charge in [0.05, 0.1) is 11.6 Å². The van der Waals surface area contributed by atoms with E-state index in [1.54, 1.807) is 17.0 Å². The maximum absolute atomic E-state index is 13.3. The first-order valence-electron chi connectivity index (χ1n) is 9.35. The van der Waals surface area contributed by atoms with Crippen molar-refractivity contribution in [1.29, 1.82) is 0 Å². The Kier molecular flexibility index (Phi) is 4.16. The van der Waals surface area contributed by atoms with Gasteiger partial charge in [-0.1, -0.05) is 55.8 Å². The summed E-state index contributed by atoms with van der Waals surface area (Å²) in [6, 6.07) is 14.8. The Labute approximate surface area is 153 Å². The Balaban J connectivity index is 1.78. The number of carbonyl (C=O) groups is 2. The molecule has 0 spiro atoms. The van der Waals surface area contributed by atoms with Crippen molar-refractivity contribution in [3.8, 4) is 0 Å². The standard InChI is InChI=1S/C22H23NO3/c1-2-3-14-23-19-11-7-6-10-17(19)22(26,21(23)25)18-13-12-15-8-4-5-9-16(15)20(18)24/h4-11,18,26H,2-3,12-14H2,1H3. The molecule has 4 heteroatoms. The second-order valence-electron chi connectivity index (χ2n) is 7.21. The second kappa shape index (κ2) is 6.36. The van der Waals surface area contributed by atoms with Crippen LogP contribution in [0.15, 0.2) is 48.5 Å². The Bertz CT molecular complexity index is 875. The zero-order valence-corrected chi connectivity index (χ0v) is 14.9. The van der Waals surface area contributed by atoms with Crippen LogP contribution in [0.2, 0.25) is 0 Å². The number of hydrogen-bond acceptors (Lipinski definition) is 3. The molecule has 1 aliphatic carbocycles. The molecule has 2 atom stereocenters. The lowest BCUT2D eigenvalue weighted by Gasteiger charge is -2.34. The van der Waals surface area contributed by atoms with Crippen LogP contribution >= 0.6 is 0 Å². The van der Waals surface area contributed by atoms with Crippen molar-refractivity contribution in [2.45, 2.75) is 38.2 Å². The van der Waals surface area contributed by atoms with Crippen LogP contribution in [-0.2, 0) is 16.8 Å². The Morgan fingerprint density at radius 2 is 1.85 bits per heavy atom. The van der Waals surface area contributed by atoms with E-state index in [-0.39, 0.29) is 11.7 Å². The van der Waals surface area contributed by atoms with E-state index in [4.69, 9.17) is 0 Å². The zero-order valence-electron chi connectivity index (χ0n) is 14.9. The fourth-order valence-corrected chi connectivity index (χ4v) is 4.33. The summed E-state index contributed by atoms with van der Waals surface area (Å²) in [5, 5.41) is 11.6.